The van der Waals surface area contributed by atoms with Crippen molar-refractivity contribution in [2.24, 2.45) is 0 Å². The molecule has 0 aliphatic carbocycles. The number of rotatable bonds is 6. The Bertz CT molecular complexity index is 3620. The van der Waals surface area contributed by atoms with Crippen molar-refractivity contribution in [3.05, 3.63) is 188 Å². The van der Waals surface area contributed by atoms with Gasteiger partial charge >= 0.3 is 0 Å². The Morgan fingerprint density at radius 1 is 0.311 bits per heavy atom. The second kappa shape index (κ2) is 13.0. The van der Waals surface area contributed by atoms with Crippen molar-refractivity contribution in [2.45, 2.75) is 0 Å². The molecule has 0 unspecified atom stereocenters. The molecule has 0 saturated carbocycles. The number of furan rings is 3. The van der Waals surface area contributed by atoms with E-state index in [0.29, 0.717) is 5.58 Å². The van der Waals surface area contributed by atoms with Gasteiger partial charge in [-0.25, -0.2) is 4.98 Å². The molecule has 7 aromatic carbocycles. The molecular formula is C53H31N5O3. The van der Waals surface area contributed by atoms with Gasteiger partial charge in [0.15, 0.2) is 16.7 Å². The summed E-state index contributed by atoms with van der Waals surface area (Å²) < 4.78 is 19.5. The Hall–Kier alpha value is -8.49. The van der Waals surface area contributed by atoms with Crippen LogP contribution >= 0.6 is 0 Å². The zero-order valence-corrected chi connectivity index (χ0v) is 32.4. The molecule has 6 aromatic heterocycles. The van der Waals surface area contributed by atoms with Gasteiger partial charge in [0.25, 0.3) is 0 Å². The van der Waals surface area contributed by atoms with Crippen molar-refractivity contribution in [2.75, 3.05) is 9.80 Å². The Kier molecular flexibility index (Phi) is 7.14. The monoisotopic (exact) mass is 785 g/mol. The number of anilines is 6. The van der Waals surface area contributed by atoms with Gasteiger partial charge in [0.2, 0.25) is 0 Å². The highest BCUT2D eigenvalue weighted by Crippen LogP contribution is 2.45. The van der Waals surface area contributed by atoms with Crippen LogP contribution in [0.2, 0.25) is 0 Å². The zero-order valence-electron chi connectivity index (χ0n) is 32.4. The van der Waals surface area contributed by atoms with Gasteiger partial charge in [-0.05, 0) is 83.6 Å². The molecule has 8 nitrogen and oxygen atoms in total. The smallest absolute Gasteiger partial charge is 0.155 e. The molecule has 0 fully saturated rings. The van der Waals surface area contributed by atoms with Crippen LogP contribution in [0.3, 0.4) is 0 Å². The van der Waals surface area contributed by atoms with Crippen LogP contribution in [0, 0.1) is 0 Å². The van der Waals surface area contributed by atoms with Crippen molar-refractivity contribution in [3.63, 3.8) is 0 Å². The van der Waals surface area contributed by atoms with Crippen LogP contribution in [-0.4, -0.2) is 15.0 Å². The van der Waals surface area contributed by atoms with E-state index in [9.17, 15) is 0 Å². The highest BCUT2D eigenvalue weighted by molar-refractivity contribution is 6.09. The third kappa shape index (κ3) is 5.22. The van der Waals surface area contributed by atoms with Crippen LogP contribution in [0.25, 0.3) is 87.8 Å². The van der Waals surface area contributed by atoms with E-state index >= 15 is 0 Å². The number of fused-ring (bicyclic) bond motifs is 11. The molecule has 13 aromatic rings. The topological polar surface area (TPSA) is 84.6 Å². The van der Waals surface area contributed by atoms with E-state index in [-0.39, 0.29) is 0 Å². The minimum atomic E-state index is 0.678. The summed E-state index contributed by atoms with van der Waals surface area (Å²) in [7, 11) is 0. The van der Waals surface area contributed by atoms with Gasteiger partial charge in [-0.3, -0.25) is 9.97 Å². The predicted molar refractivity (Wildman–Crippen MR) is 246 cm³/mol. The first kappa shape index (κ1) is 33.5. The lowest BCUT2D eigenvalue weighted by Crippen LogP contribution is -2.10. The molecule has 61 heavy (non-hydrogen) atoms. The van der Waals surface area contributed by atoms with Crippen molar-refractivity contribution in [3.8, 4) is 0 Å². The zero-order chi connectivity index (χ0) is 40.0. The van der Waals surface area contributed by atoms with Crippen molar-refractivity contribution in [1.29, 1.82) is 0 Å². The fraction of sp³-hybridized carbons (Fsp3) is 0. The average molecular weight is 786 g/mol. The number of aromatic nitrogens is 3. The van der Waals surface area contributed by atoms with Crippen molar-refractivity contribution in [1.82, 2.24) is 15.0 Å². The molecule has 8 heteroatoms. The van der Waals surface area contributed by atoms with Crippen molar-refractivity contribution >= 4 is 122 Å². The van der Waals surface area contributed by atoms with E-state index in [1.807, 2.05) is 30.5 Å². The maximum absolute atomic E-state index is 6.80. The molecule has 0 atom stereocenters. The largest absolute Gasteiger partial charge is 0.454 e. The molecule has 0 aliphatic heterocycles. The Labute approximate surface area is 347 Å². The quantitative estimate of drug-likeness (QED) is 0.165. The molecule has 0 spiro atoms. The summed E-state index contributed by atoms with van der Waals surface area (Å²) in [6.45, 7) is 0. The van der Waals surface area contributed by atoms with Gasteiger partial charge in [-0.1, -0.05) is 72.8 Å². The summed E-state index contributed by atoms with van der Waals surface area (Å²) in [4.78, 5) is 18.8. The first-order valence-corrected chi connectivity index (χ1v) is 20.1. The molecular weight excluding hydrogens is 755 g/mol. The minimum Gasteiger partial charge on any atom is -0.454 e. The second-order valence-electron chi connectivity index (χ2n) is 15.3. The molecule has 0 aliphatic rings. The van der Waals surface area contributed by atoms with Crippen LogP contribution in [0.5, 0.6) is 0 Å². The van der Waals surface area contributed by atoms with Crippen molar-refractivity contribution < 1.29 is 13.3 Å². The molecule has 0 radical (unpaired) electrons. The first-order valence-electron chi connectivity index (χ1n) is 20.1. The standard InChI is InChI=1S/C53H31N5O3/c1-3-13-38-32(9-1)11-5-15-43(38)57(34-19-22-40-47(27-34)59-45-17-7-25-54-51(40)45)35-20-24-42-49(28-35)61-50-30-37(31-56-53(42)50)58(44-16-6-12-33-10-2-4-14-39(33)44)36-21-23-41-48(29-36)60-46-18-8-26-55-52(41)46/h1-31H. The van der Waals surface area contributed by atoms with Crippen LogP contribution in [0.4, 0.5) is 34.1 Å². The summed E-state index contributed by atoms with van der Waals surface area (Å²) in [6.07, 6.45) is 5.52. The second-order valence-corrected chi connectivity index (χ2v) is 15.3. The number of hydrogen-bond acceptors (Lipinski definition) is 8. The van der Waals surface area contributed by atoms with E-state index in [1.165, 1.54) is 0 Å². The summed E-state index contributed by atoms with van der Waals surface area (Å²) in [5.74, 6) is 0. The third-order valence-electron chi connectivity index (χ3n) is 11.7. The van der Waals surface area contributed by atoms with Crippen LogP contribution in [-0.2, 0) is 0 Å². The molecule has 6 heterocycles. The lowest BCUT2D eigenvalue weighted by atomic mass is 10.1. The number of nitrogens with zero attached hydrogens (tertiary/aromatic N) is 5. The van der Waals surface area contributed by atoms with Gasteiger partial charge in [0.1, 0.15) is 33.3 Å². The van der Waals surface area contributed by atoms with E-state index in [2.05, 4.69) is 165 Å². The molecule has 0 saturated heterocycles. The Morgan fingerprint density at radius 2 is 0.738 bits per heavy atom. The predicted octanol–water partition coefficient (Wildman–Crippen LogP) is 14.8. The highest BCUT2D eigenvalue weighted by atomic mass is 16.3. The molecule has 0 bridgehead atoms. The highest BCUT2D eigenvalue weighted by Gasteiger charge is 2.22. The fourth-order valence-corrected chi connectivity index (χ4v) is 8.99. The average Bonchev–Trinajstić information content (AvgIpc) is 3.99. The summed E-state index contributed by atoms with van der Waals surface area (Å²) in [6, 6.07) is 58.4. The van der Waals surface area contributed by atoms with Gasteiger partial charge < -0.3 is 23.1 Å². The number of hydrogen-bond donors (Lipinski definition) is 0. The lowest BCUT2D eigenvalue weighted by Gasteiger charge is -2.26. The van der Waals surface area contributed by atoms with Gasteiger partial charge in [-0.15, -0.1) is 0 Å². The first-order chi connectivity index (χ1) is 30.2. The molecule has 0 amide bonds. The van der Waals surface area contributed by atoms with E-state index < -0.39 is 0 Å². The van der Waals surface area contributed by atoms with E-state index in [1.54, 1.807) is 12.4 Å². The van der Waals surface area contributed by atoms with E-state index in [0.717, 1.165) is 116 Å². The van der Waals surface area contributed by atoms with Crippen LogP contribution < -0.4 is 9.80 Å². The molecule has 13 rings (SSSR count). The number of benzene rings is 7. The summed E-state index contributed by atoms with van der Waals surface area (Å²) in [5.41, 5.74) is 12.6. The third-order valence-corrected chi connectivity index (χ3v) is 11.7. The SMILES string of the molecule is c1ccc2c(N(c3ccc4c(c3)oc3cccnc34)c3ccc4c(c3)oc3cc(N(c5ccc6c(c5)oc5cccnc56)c5cccc6ccccc56)cnc34)cccc2c1. The summed E-state index contributed by atoms with van der Waals surface area (Å²) in [5, 5.41) is 7.37. The van der Waals surface area contributed by atoms with E-state index in [4.69, 9.17) is 18.2 Å². The van der Waals surface area contributed by atoms with Gasteiger partial charge in [-0.2, -0.15) is 0 Å². The maximum Gasteiger partial charge on any atom is 0.155 e. The summed E-state index contributed by atoms with van der Waals surface area (Å²) >= 11 is 0. The molecule has 286 valence electrons. The molecule has 0 N–H and O–H groups in total. The Balaban J connectivity index is 0.981. The van der Waals surface area contributed by atoms with Crippen LogP contribution in [0.15, 0.2) is 202 Å². The van der Waals surface area contributed by atoms with Gasteiger partial charge in [0.05, 0.1) is 23.3 Å². The normalized spacial score (nSPS) is 11.9. The maximum atomic E-state index is 6.80. The Morgan fingerprint density at radius 3 is 1.26 bits per heavy atom. The van der Waals surface area contributed by atoms with Gasteiger partial charge in [0, 0.05) is 80.7 Å². The van der Waals surface area contributed by atoms with Crippen LogP contribution in [0.1, 0.15) is 0 Å². The lowest BCUT2D eigenvalue weighted by molar-refractivity contribution is 0.668. The fourth-order valence-electron chi connectivity index (χ4n) is 8.99. The number of pyridine rings is 3. The minimum absolute atomic E-state index is 0.678.